The lowest BCUT2D eigenvalue weighted by molar-refractivity contribution is -0.122. The van der Waals surface area contributed by atoms with E-state index in [9.17, 15) is 4.79 Å². The van der Waals surface area contributed by atoms with Gasteiger partial charge in [0.1, 0.15) is 5.75 Å². The van der Waals surface area contributed by atoms with Gasteiger partial charge in [-0.05, 0) is 74.0 Å². The van der Waals surface area contributed by atoms with Gasteiger partial charge in [0.05, 0.1) is 19.7 Å². The van der Waals surface area contributed by atoms with Gasteiger partial charge < -0.3 is 10.1 Å². The van der Waals surface area contributed by atoms with Gasteiger partial charge in [-0.1, -0.05) is 30.3 Å². The fourth-order valence-electron chi connectivity index (χ4n) is 3.78. The molecule has 0 unspecified atom stereocenters. The normalized spacial score (nSPS) is 14.5. The summed E-state index contributed by atoms with van der Waals surface area (Å²) in [6.07, 6.45) is 4.91. The molecule has 1 N–H and O–H groups in total. The van der Waals surface area contributed by atoms with Crippen LogP contribution in [0, 0.1) is 0 Å². The molecule has 0 radical (unpaired) electrons. The highest BCUT2D eigenvalue weighted by atomic mass is 16.5. The molecule has 1 amide bonds. The molecule has 0 aromatic heterocycles. The summed E-state index contributed by atoms with van der Waals surface area (Å²) in [4.78, 5) is 14.5. The summed E-state index contributed by atoms with van der Waals surface area (Å²) in [5.41, 5.74) is 5.25. The van der Waals surface area contributed by atoms with Crippen LogP contribution in [0.2, 0.25) is 0 Å². The quantitative estimate of drug-likeness (QED) is 0.808. The number of methoxy groups -OCH3 is 1. The van der Waals surface area contributed by atoms with Crippen LogP contribution in [0.3, 0.4) is 0 Å². The smallest absolute Gasteiger partial charge is 0.234 e. The second-order valence-corrected chi connectivity index (χ2v) is 7.55. The Labute approximate surface area is 162 Å². The molecule has 1 aliphatic rings. The Bertz CT molecular complexity index is 788. The predicted molar refractivity (Wildman–Crippen MR) is 109 cm³/mol. The molecule has 2 aromatic rings. The van der Waals surface area contributed by atoms with Crippen LogP contribution < -0.4 is 10.1 Å². The standard InChI is InChI=1S/C23H30N2O2/c1-17(20-12-11-19-8-4-5-9-21(19)14-20)24-23(26)16-25(2)15-18-7-6-10-22(13-18)27-3/h6-7,10-14,17H,4-5,8-9,15-16H2,1-3H3,(H,24,26)/t17-/m1/s1. The van der Waals surface area contributed by atoms with Crippen LogP contribution in [0.4, 0.5) is 0 Å². The first-order valence-corrected chi connectivity index (χ1v) is 9.77. The third-order valence-corrected chi connectivity index (χ3v) is 5.25. The van der Waals surface area contributed by atoms with Crippen LogP contribution in [0.1, 0.15) is 48.1 Å². The predicted octanol–water partition coefficient (Wildman–Crippen LogP) is 3.88. The van der Waals surface area contributed by atoms with E-state index in [4.69, 9.17) is 4.74 Å². The molecule has 0 saturated carbocycles. The molecule has 2 aromatic carbocycles. The van der Waals surface area contributed by atoms with Crippen molar-refractivity contribution < 1.29 is 9.53 Å². The molecule has 1 aliphatic carbocycles. The Kier molecular flexibility index (Phi) is 6.51. The van der Waals surface area contributed by atoms with E-state index in [1.807, 2.05) is 36.2 Å². The number of amides is 1. The molecule has 27 heavy (non-hydrogen) atoms. The number of nitrogens with one attached hydrogen (secondary N) is 1. The van der Waals surface area contributed by atoms with Gasteiger partial charge in [0.2, 0.25) is 5.91 Å². The first kappa shape index (κ1) is 19.4. The molecule has 0 saturated heterocycles. The average Bonchev–Trinajstić information content (AvgIpc) is 2.67. The molecule has 0 bridgehead atoms. The van der Waals surface area contributed by atoms with Gasteiger partial charge >= 0.3 is 0 Å². The molecule has 144 valence electrons. The maximum atomic E-state index is 12.5. The van der Waals surface area contributed by atoms with Crippen molar-refractivity contribution in [2.75, 3.05) is 20.7 Å². The van der Waals surface area contributed by atoms with Gasteiger partial charge in [-0.2, -0.15) is 0 Å². The zero-order valence-corrected chi connectivity index (χ0v) is 16.6. The Morgan fingerprint density at radius 2 is 1.93 bits per heavy atom. The van der Waals surface area contributed by atoms with Crippen LogP contribution >= 0.6 is 0 Å². The summed E-state index contributed by atoms with van der Waals surface area (Å²) >= 11 is 0. The molecule has 0 fully saturated rings. The third-order valence-electron chi connectivity index (χ3n) is 5.25. The van der Waals surface area contributed by atoms with Crippen molar-refractivity contribution in [3.63, 3.8) is 0 Å². The number of likely N-dealkylation sites (N-methyl/N-ethyl adjacent to an activating group) is 1. The Hall–Kier alpha value is -2.33. The summed E-state index contributed by atoms with van der Waals surface area (Å²) in [5.74, 6) is 0.886. The van der Waals surface area contributed by atoms with Gasteiger partial charge in [-0.3, -0.25) is 9.69 Å². The minimum absolute atomic E-state index is 0.0231. The summed E-state index contributed by atoms with van der Waals surface area (Å²) in [6, 6.07) is 14.7. The molecule has 0 heterocycles. The lowest BCUT2D eigenvalue weighted by atomic mass is 9.89. The van der Waals surface area contributed by atoms with E-state index in [1.54, 1.807) is 7.11 Å². The SMILES string of the molecule is COc1cccc(CN(C)CC(=O)N[C@H](C)c2ccc3c(c2)CCCC3)c1. The first-order chi connectivity index (χ1) is 13.0. The van der Waals surface area contributed by atoms with E-state index >= 15 is 0 Å². The monoisotopic (exact) mass is 366 g/mol. The van der Waals surface area contributed by atoms with Gasteiger partial charge in [0.25, 0.3) is 0 Å². The summed E-state index contributed by atoms with van der Waals surface area (Å²) < 4.78 is 5.26. The van der Waals surface area contributed by atoms with Crippen molar-refractivity contribution in [3.05, 3.63) is 64.7 Å². The Balaban J connectivity index is 1.53. The number of hydrogen-bond donors (Lipinski definition) is 1. The number of fused-ring (bicyclic) bond motifs is 1. The highest BCUT2D eigenvalue weighted by molar-refractivity contribution is 5.78. The van der Waals surface area contributed by atoms with E-state index in [0.717, 1.165) is 17.7 Å². The van der Waals surface area contributed by atoms with Gasteiger partial charge in [0, 0.05) is 6.54 Å². The summed E-state index contributed by atoms with van der Waals surface area (Å²) in [5, 5.41) is 3.14. The maximum Gasteiger partial charge on any atom is 0.234 e. The molecular weight excluding hydrogens is 336 g/mol. The minimum Gasteiger partial charge on any atom is -0.497 e. The van der Waals surface area contributed by atoms with Crippen molar-refractivity contribution in [1.82, 2.24) is 10.2 Å². The summed E-state index contributed by atoms with van der Waals surface area (Å²) in [6.45, 7) is 3.13. The average molecular weight is 367 g/mol. The molecule has 4 heteroatoms. The van der Waals surface area contributed by atoms with E-state index < -0.39 is 0 Å². The highest BCUT2D eigenvalue weighted by Gasteiger charge is 2.15. The van der Waals surface area contributed by atoms with Crippen LogP contribution in [-0.2, 0) is 24.2 Å². The van der Waals surface area contributed by atoms with Gasteiger partial charge in [0.15, 0.2) is 0 Å². The van der Waals surface area contributed by atoms with Crippen LogP contribution in [0.15, 0.2) is 42.5 Å². The fraction of sp³-hybridized carbons (Fsp3) is 0.435. The third kappa shape index (κ3) is 5.33. The molecular formula is C23H30N2O2. The van der Waals surface area contributed by atoms with Crippen molar-refractivity contribution in [1.29, 1.82) is 0 Å². The minimum atomic E-state index is 0.0231. The van der Waals surface area contributed by atoms with E-state index in [1.165, 1.54) is 36.0 Å². The van der Waals surface area contributed by atoms with Crippen molar-refractivity contribution in [3.8, 4) is 5.75 Å². The number of ether oxygens (including phenoxy) is 1. The molecule has 4 nitrogen and oxygen atoms in total. The molecule has 3 rings (SSSR count). The number of carbonyl (C=O) groups excluding carboxylic acids is 1. The highest BCUT2D eigenvalue weighted by Crippen LogP contribution is 2.24. The second-order valence-electron chi connectivity index (χ2n) is 7.55. The number of hydrogen-bond acceptors (Lipinski definition) is 3. The number of aryl methyl sites for hydroxylation is 2. The lowest BCUT2D eigenvalue weighted by Gasteiger charge is -2.21. The van der Waals surface area contributed by atoms with E-state index in [2.05, 4.69) is 30.4 Å². The van der Waals surface area contributed by atoms with Crippen LogP contribution in [-0.4, -0.2) is 31.5 Å². The van der Waals surface area contributed by atoms with Gasteiger partial charge in [-0.25, -0.2) is 0 Å². The first-order valence-electron chi connectivity index (χ1n) is 9.77. The zero-order valence-electron chi connectivity index (χ0n) is 16.6. The largest absolute Gasteiger partial charge is 0.497 e. The fourth-order valence-corrected chi connectivity index (χ4v) is 3.78. The number of rotatable bonds is 7. The van der Waals surface area contributed by atoms with E-state index in [0.29, 0.717) is 13.1 Å². The Morgan fingerprint density at radius 3 is 2.70 bits per heavy atom. The van der Waals surface area contributed by atoms with Crippen molar-refractivity contribution in [2.45, 2.75) is 45.2 Å². The van der Waals surface area contributed by atoms with E-state index in [-0.39, 0.29) is 11.9 Å². The lowest BCUT2D eigenvalue weighted by Crippen LogP contribution is -2.36. The van der Waals surface area contributed by atoms with Gasteiger partial charge in [-0.15, -0.1) is 0 Å². The van der Waals surface area contributed by atoms with Crippen molar-refractivity contribution >= 4 is 5.91 Å². The van der Waals surface area contributed by atoms with Crippen molar-refractivity contribution in [2.24, 2.45) is 0 Å². The van der Waals surface area contributed by atoms with Crippen LogP contribution in [0.5, 0.6) is 5.75 Å². The Morgan fingerprint density at radius 1 is 1.15 bits per heavy atom. The number of benzene rings is 2. The second kappa shape index (κ2) is 9.05. The molecule has 0 spiro atoms. The topological polar surface area (TPSA) is 41.6 Å². The zero-order chi connectivity index (χ0) is 19.2. The maximum absolute atomic E-state index is 12.5. The molecule has 1 atom stereocenters. The number of nitrogens with zero attached hydrogens (tertiary/aromatic N) is 1. The molecule has 0 aliphatic heterocycles. The summed E-state index contributed by atoms with van der Waals surface area (Å²) in [7, 11) is 3.63. The van der Waals surface area contributed by atoms with Crippen LogP contribution in [0.25, 0.3) is 0 Å². The number of carbonyl (C=O) groups is 1.